The largest absolute Gasteiger partial charge is 0.418 e. The summed E-state index contributed by atoms with van der Waals surface area (Å²) in [5, 5.41) is 2.46. The molecule has 1 rings (SSSR count). The summed E-state index contributed by atoms with van der Waals surface area (Å²) in [6, 6.07) is 3.35. The molecule has 7 heteroatoms. The van der Waals surface area contributed by atoms with E-state index in [1.54, 1.807) is 11.8 Å². The average molecular weight is 320 g/mol. The lowest BCUT2D eigenvalue weighted by Crippen LogP contribution is -2.16. The molecule has 0 heterocycles. The molecule has 0 fully saturated rings. The minimum Gasteiger partial charge on any atom is -0.398 e. The van der Waals surface area contributed by atoms with Gasteiger partial charge in [-0.15, -0.1) is 0 Å². The van der Waals surface area contributed by atoms with Crippen molar-refractivity contribution < 1.29 is 18.0 Å². The predicted octanol–water partition coefficient (Wildman–Crippen LogP) is 4.15. The first kappa shape index (κ1) is 17.7. The number of carbonyl (C=O) groups excluding carboxylic acids is 1. The van der Waals surface area contributed by atoms with Crippen molar-refractivity contribution in [2.24, 2.45) is 0 Å². The topological polar surface area (TPSA) is 55.1 Å². The number of halogens is 3. The summed E-state index contributed by atoms with van der Waals surface area (Å²) in [6.07, 6.45) is -4.29. The lowest BCUT2D eigenvalue weighted by Gasteiger charge is -2.17. The van der Waals surface area contributed by atoms with Gasteiger partial charge in [0.25, 0.3) is 0 Å². The second-order valence-corrected chi connectivity index (χ2v) is 7.48. The molecular weight excluding hydrogens is 301 g/mol. The SMILES string of the molecule is CC(C)(C)SCCC(=O)Nc1ccc(N)c(C(F)(F)F)c1. The fourth-order valence-electron chi connectivity index (χ4n) is 1.55. The molecule has 0 saturated carbocycles. The smallest absolute Gasteiger partial charge is 0.398 e. The van der Waals surface area contributed by atoms with Gasteiger partial charge in [-0.05, 0) is 18.2 Å². The van der Waals surface area contributed by atoms with E-state index in [9.17, 15) is 18.0 Å². The number of hydrogen-bond donors (Lipinski definition) is 2. The number of anilines is 2. The third kappa shape index (κ3) is 6.29. The molecule has 0 saturated heterocycles. The van der Waals surface area contributed by atoms with Crippen LogP contribution in [0, 0.1) is 0 Å². The van der Waals surface area contributed by atoms with Crippen LogP contribution in [-0.2, 0) is 11.0 Å². The van der Waals surface area contributed by atoms with Gasteiger partial charge in [0, 0.05) is 28.3 Å². The summed E-state index contributed by atoms with van der Waals surface area (Å²) >= 11 is 1.62. The van der Waals surface area contributed by atoms with E-state index < -0.39 is 11.7 Å². The first-order valence-corrected chi connectivity index (χ1v) is 7.38. The van der Waals surface area contributed by atoms with Crippen molar-refractivity contribution in [3.05, 3.63) is 23.8 Å². The number of nitrogens with one attached hydrogen (secondary N) is 1. The molecule has 3 nitrogen and oxygen atoms in total. The summed E-state index contributed by atoms with van der Waals surface area (Å²) in [7, 11) is 0. The van der Waals surface area contributed by atoms with E-state index in [2.05, 4.69) is 5.32 Å². The van der Waals surface area contributed by atoms with E-state index >= 15 is 0 Å². The minimum atomic E-state index is -4.53. The van der Waals surface area contributed by atoms with Crippen molar-refractivity contribution >= 4 is 29.0 Å². The number of amides is 1. The highest BCUT2D eigenvalue weighted by atomic mass is 32.2. The second kappa shape index (κ2) is 6.60. The molecule has 0 aromatic heterocycles. The van der Waals surface area contributed by atoms with E-state index in [4.69, 9.17) is 5.73 Å². The highest BCUT2D eigenvalue weighted by Gasteiger charge is 2.33. The van der Waals surface area contributed by atoms with Gasteiger partial charge < -0.3 is 11.1 Å². The molecule has 0 radical (unpaired) electrons. The molecule has 3 N–H and O–H groups in total. The number of alkyl halides is 3. The highest BCUT2D eigenvalue weighted by molar-refractivity contribution is 8.00. The first-order valence-electron chi connectivity index (χ1n) is 6.39. The molecule has 1 amide bonds. The Bertz CT molecular complexity index is 510. The molecule has 0 bridgehead atoms. The number of hydrogen-bond acceptors (Lipinski definition) is 3. The van der Waals surface area contributed by atoms with Gasteiger partial charge in [0.15, 0.2) is 0 Å². The van der Waals surface area contributed by atoms with Gasteiger partial charge in [0.2, 0.25) is 5.91 Å². The molecule has 0 atom stereocenters. The monoisotopic (exact) mass is 320 g/mol. The Morgan fingerprint density at radius 1 is 1.29 bits per heavy atom. The van der Waals surface area contributed by atoms with E-state index in [0.717, 1.165) is 12.1 Å². The van der Waals surface area contributed by atoms with Crippen LogP contribution in [0.1, 0.15) is 32.8 Å². The van der Waals surface area contributed by atoms with Crippen molar-refractivity contribution in [1.82, 2.24) is 0 Å². The fraction of sp³-hybridized carbons (Fsp3) is 0.500. The van der Waals surface area contributed by atoms with Gasteiger partial charge in [0.05, 0.1) is 5.56 Å². The summed E-state index contributed by atoms with van der Waals surface area (Å²) in [5.74, 6) is 0.292. The number of thioether (sulfide) groups is 1. The third-order valence-corrected chi connectivity index (χ3v) is 3.78. The fourth-order valence-corrected chi connectivity index (χ4v) is 2.45. The Labute approximate surface area is 126 Å². The van der Waals surface area contributed by atoms with Gasteiger partial charge >= 0.3 is 6.18 Å². The van der Waals surface area contributed by atoms with Crippen molar-refractivity contribution in [1.29, 1.82) is 0 Å². The van der Waals surface area contributed by atoms with Gasteiger partial charge in [0.1, 0.15) is 0 Å². The molecule has 21 heavy (non-hydrogen) atoms. The van der Waals surface area contributed by atoms with Crippen LogP contribution in [0.5, 0.6) is 0 Å². The van der Waals surface area contributed by atoms with Crippen LogP contribution < -0.4 is 11.1 Å². The maximum Gasteiger partial charge on any atom is 0.418 e. The van der Waals surface area contributed by atoms with Gasteiger partial charge in [-0.3, -0.25) is 4.79 Å². The molecule has 1 aromatic rings. The Hall–Kier alpha value is -1.37. The van der Waals surface area contributed by atoms with Crippen molar-refractivity contribution in [2.75, 3.05) is 16.8 Å². The summed E-state index contributed by atoms with van der Waals surface area (Å²) in [6.45, 7) is 6.10. The predicted molar refractivity (Wildman–Crippen MR) is 81.3 cm³/mol. The third-order valence-electron chi connectivity index (χ3n) is 2.51. The molecule has 0 aliphatic heterocycles. The standard InChI is InChI=1S/C14H19F3N2OS/c1-13(2,3)21-7-6-12(20)19-9-4-5-11(18)10(8-9)14(15,16)17/h4-5,8H,6-7,18H2,1-3H3,(H,19,20). The van der Waals surface area contributed by atoms with Crippen LogP contribution in [-0.4, -0.2) is 16.4 Å². The minimum absolute atomic E-state index is 0.0466. The summed E-state index contributed by atoms with van der Waals surface area (Å²) in [4.78, 5) is 11.7. The quantitative estimate of drug-likeness (QED) is 0.820. The summed E-state index contributed by atoms with van der Waals surface area (Å²) < 4.78 is 38.2. The Morgan fingerprint density at radius 2 is 1.90 bits per heavy atom. The van der Waals surface area contributed by atoms with Crippen molar-refractivity contribution in [3.63, 3.8) is 0 Å². The molecule has 118 valence electrons. The number of rotatable bonds is 4. The second-order valence-electron chi connectivity index (χ2n) is 5.56. The zero-order valence-electron chi connectivity index (χ0n) is 12.2. The molecule has 0 unspecified atom stereocenters. The number of benzene rings is 1. The number of nitrogens with two attached hydrogens (primary N) is 1. The first-order chi connectivity index (χ1) is 9.49. The van der Waals surface area contributed by atoms with E-state index in [1.807, 2.05) is 20.8 Å². The Morgan fingerprint density at radius 3 is 2.43 bits per heavy atom. The van der Waals surface area contributed by atoms with Crippen LogP contribution >= 0.6 is 11.8 Å². The summed E-state index contributed by atoms with van der Waals surface area (Å²) in [5.41, 5.74) is 4.10. The number of nitrogen functional groups attached to an aromatic ring is 1. The van der Waals surface area contributed by atoms with Gasteiger partial charge in [-0.1, -0.05) is 20.8 Å². The van der Waals surface area contributed by atoms with Crippen LogP contribution in [0.3, 0.4) is 0 Å². The maximum absolute atomic E-state index is 12.7. The average Bonchev–Trinajstić information content (AvgIpc) is 2.28. The lowest BCUT2D eigenvalue weighted by atomic mass is 10.1. The molecule has 0 aliphatic carbocycles. The van der Waals surface area contributed by atoms with Crippen LogP contribution in [0.4, 0.5) is 24.5 Å². The van der Waals surface area contributed by atoms with E-state index in [0.29, 0.717) is 5.75 Å². The van der Waals surface area contributed by atoms with E-state index in [-0.39, 0.29) is 28.4 Å². The van der Waals surface area contributed by atoms with Crippen LogP contribution in [0.25, 0.3) is 0 Å². The Balaban J connectivity index is 2.65. The maximum atomic E-state index is 12.7. The van der Waals surface area contributed by atoms with Gasteiger partial charge in [-0.2, -0.15) is 24.9 Å². The molecular formula is C14H19F3N2OS. The normalized spacial score (nSPS) is 12.3. The van der Waals surface area contributed by atoms with Crippen LogP contribution in [0.2, 0.25) is 0 Å². The molecule has 0 aliphatic rings. The van der Waals surface area contributed by atoms with Crippen molar-refractivity contribution in [2.45, 2.75) is 38.1 Å². The highest BCUT2D eigenvalue weighted by Crippen LogP contribution is 2.35. The van der Waals surface area contributed by atoms with E-state index in [1.165, 1.54) is 6.07 Å². The zero-order valence-corrected chi connectivity index (χ0v) is 13.0. The lowest BCUT2D eigenvalue weighted by molar-refractivity contribution is -0.136. The van der Waals surface area contributed by atoms with Gasteiger partial charge in [-0.25, -0.2) is 0 Å². The zero-order chi connectivity index (χ0) is 16.3. The molecule has 0 spiro atoms. The Kier molecular flexibility index (Phi) is 5.55. The molecule has 1 aromatic carbocycles. The number of carbonyl (C=O) groups is 1. The van der Waals surface area contributed by atoms with Crippen molar-refractivity contribution in [3.8, 4) is 0 Å². The van der Waals surface area contributed by atoms with Crippen LogP contribution in [0.15, 0.2) is 18.2 Å².